The van der Waals surface area contributed by atoms with Gasteiger partial charge in [-0.25, -0.2) is 0 Å². The molecule has 0 unspecified atom stereocenters. The number of hydrogen-bond donors (Lipinski definition) is 0. The first kappa shape index (κ1) is 18.8. The first-order valence-electron chi connectivity index (χ1n) is 9.03. The molecule has 0 radical (unpaired) electrons. The molecule has 1 aromatic rings. The van der Waals surface area contributed by atoms with Crippen molar-refractivity contribution in [2.24, 2.45) is 11.8 Å². The van der Waals surface area contributed by atoms with Crippen LogP contribution in [0, 0.1) is 18.8 Å². The molecule has 0 aliphatic carbocycles. The highest BCUT2D eigenvalue weighted by Gasteiger charge is 2.27. The zero-order chi connectivity index (χ0) is 17.5. The predicted molar refractivity (Wildman–Crippen MR) is 96.2 cm³/mol. The van der Waals surface area contributed by atoms with E-state index >= 15 is 0 Å². The highest BCUT2D eigenvalue weighted by Crippen LogP contribution is 2.21. The van der Waals surface area contributed by atoms with E-state index in [1.54, 1.807) is 0 Å². The summed E-state index contributed by atoms with van der Waals surface area (Å²) in [5, 5.41) is 0. The number of nitrogens with zero attached hydrogens (tertiary/aromatic N) is 1. The Hall–Kier alpha value is -1.55. The van der Waals surface area contributed by atoms with Gasteiger partial charge in [0.15, 0.2) is 6.10 Å². The molecule has 0 spiro atoms. The number of rotatable bonds is 7. The maximum Gasteiger partial charge on any atom is 0.263 e. The van der Waals surface area contributed by atoms with Crippen LogP contribution in [0.4, 0.5) is 0 Å². The molecule has 134 valence electrons. The van der Waals surface area contributed by atoms with Crippen LogP contribution in [0.3, 0.4) is 0 Å². The predicted octanol–water partition coefficient (Wildman–Crippen LogP) is 3.67. The van der Waals surface area contributed by atoms with Crippen molar-refractivity contribution in [3.8, 4) is 5.75 Å². The molecule has 1 aromatic carbocycles. The van der Waals surface area contributed by atoms with E-state index in [0.29, 0.717) is 5.92 Å². The van der Waals surface area contributed by atoms with E-state index in [4.69, 9.17) is 9.47 Å². The lowest BCUT2D eigenvalue weighted by Gasteiger charge is -2.29. The minimum absolute atomic E-state index is 0.0681. The van der Waals surface area contributed by atoms with E-state index in [-0.39, 0.29) is 11.8 Å². The molecule has 0 N–H and O–H groups in total. The fourth-order valence-corrected chi connectivity index (χ4v) is 3.05. The lowest BCUT2D eigenvalue weighted by Crippen LogP contribution is -2.43. The summed E-state index contributed by atoms with van der Waals surface area (Å²) in [5.74, 6) is 1.63. The number of hydrogen-bond acceptors (Lipinski definition) is 3. The molecule has 1 aliphatic heterocycles. The maximum atomic E-state index is 12.8. The SMILES string of the molecule is Cc1cccc(O[C@H](C(=O)N(C)CCC2CCOCC2)C(C)C)c1. The van der Waals surface area contributed by atoms with Crippen molar-refractivity contribution in [1.82, 2.24) is 4.90 Å². The van der Waals surface area contributed by atoms with Crippen LogP contribution in [-0.2, 0) is 9.53 Å². The summed E-state index contributed by atoms with van der Waals surface area (Å²) in [4.78, 5) is 14.7. The lowest BCUT2D eigenvalue weighted by atomic mass is 9.96. The van der Waals surface area contributed by atoms with Gasteiger partial charge >= 0.3 is 0 Å². The topological polar surface area (TPSA) is 38.8 Å². The van der Waals surface area contributed by atoms with Gasteiger partial charge in [0.25, 0.3) is 5.91 Å². The number of ether oxygens (including phenoxy) is 2. The van der Waals surface area contributed by atoms with Gasteiger partial charge in [-0.3, -0.25) is 4.79 Å². The van der Waals surface area contributed by atoms with Crippen molar-refractivity contribution >= 4 is 5.91 Å². The van der Waals surface area contributed by atoms with Crippen molar-refractivity contribution in [2.75, 3.05) is 26.8 Å². The zero-order valence-electron chi connectivity index (χ0n) is 15.5. The summed E-state index contributed by atoms with van der Waals surface area (Å²) < 4.78 is 11.4. The molecule has 4 nitrogen and oxygen atoms in total. The summed E-state index contributed by atoms with van der Waals surface area (Å²) in [7, 11) is 1.89. The monoisotopic (exact) mass is 333 g/mol. The average Bonchev–Trinajstić information content (AvgIpc) is 2.57. The molecular formula is C20H31NO3. The smallest absolute Gasteiger partial charge is 0.263 e. The third-order valence-electron chi connectivity index (χ3n) is 4.69. The fourth-order valence-electron chi connectivity index (χ4n) is 3.05. The van der Waals surface area contributed by atoms with Crippen molar-refractivity contribution in [2.45, 2.75) is 46.1 Å². The van der Waals surface area contributed by atoms with Crippen molar-refractivity contribution < 1.29 is 14.3 Å². The van der Waals surface area contributed by atoms with Gasteiger partial charge in [-0.2, -0.15) is 0 Å². The Morgan fingerprint density at radius 3 is 2.67 bits per heavy atom. The molecule has 1 saturated heterocycles. The zero-order valence-corrected chi connectivity index (χ0v) is 15.5. The van der Waals surface area contributed by atoms with Gasteiger partial charge in [-0.1, -0.05) is 26.0 Å². The van der Waals surface area contributed by atoms with Crippen LogP contribution >= 0.6 is 0 Å². The van der Waals surface area contributed by atoms with Crippen LogP contribution < -0.4 is 4.74 Å². The third-order valence-corrected chi connectivity index (χ3v) is 4.69. The van der Waals surface area contributed by atoms with Gasteiger partial charge in [-0.05, 0) is 55.7 Å². The molecule has 24 heavy (non-hydrogen) atoms. The number of likely N-dealkylation sites (N-methyl/N-ethyl adjacent to an activating group) is 1. The average molecular weight is 333 g/mol. The molecule has 1 aliphatic rings. The van der Waals surface area contributed by atoms with Gasteiger partial charge in [0.1, 0.15) is 5.75 Å². The Balaban J connectivity index is 1.92. The van der Waals surface area contributed by atoms with Gasteiger partial charge in [0.2, 0.25) is 0 Å². The molecular weight excluding hydrogens is 302 g/mol. The minimum atomic E-state index is -0.438. The second-order valence-electron chi connectivity index (χ2n) is 7.20. The van der Waals surface area contributed by atoms with E-state index in [9.17, 15) is 4.79 Å². The number of aryl methyl sites for hydroxylation is 1. The Morgan fingerprint density at radius 1 is 1.33 bits per heavy atom. The number of benzene rings is 1. The van der Waals surface area contributed by atoms with Gasteiger partial charge in [0.05, 0.1) is 0 Å². The Bertz CT molecular complexity index is 523. The second kappa shape index (κ2) is 9.07. The molecule has 0 bridgehead atoms. The van der Waals surface area contributed by atoms with Gasteiger partial charge < -0.3 is 14.4 Å². The summed E-state index contributed by atoms with van der Waals surface area (Å²) >= 11 is 0. The molecule has 0 aromatic heterocycles. The highest BCUT2D eigenvalue weighted by molar-refractivity contribution is 5.81. The van der Waals surface area contributed by atoms with E-state index in [1.807, 2.05) is 57.0 Å². The number of carbonyl (C=O) groups excluding carboxylic acids is 1. The van der Waals surface area contributed by atoms with Crippen LogP contribution in [0.25, 0.3) is 0 Å². The normalized spacial score (nSPS) is 16.9. The van der Waals surface area contributed by atoms with E-state index in [1.165, 1.54) is 0 Å². The molecule has 2 rings (SSSR count). The molecule has 1 heterocycles. The standard InChI is InChI=1S/C20H31NO3/c1-15(2)19(24-18-7-5-6-16(3)14-18)20(22)21(4)11-8-17-9-12-23-13-10-17/h5-7,14-15,17,19H,8-13H2,1-4H3/t19-/m0/s1. The third kappa shape index (κ3) is 5.52. The van der Waals surface area contributed by atoms with E-state index in [2.05, 4.69) is 0 Å². The van der Waals surface area contributed by atoms with Crippen LogP contribution in [-0.4, -0.2) is 43.7 Å². The van der Waals surface area contributed by atoms with Gasteiger partial charge in [-0.15, -0.1) is 0 Å². The highest BCUT2D eigenvalue weighted by atomic mass is 16.5. The summed E-state index contributed by atoms with van der Waals surface area (Å²) in [6.45, 7) is 8.58. The maximum absolute atomic E-state index is 12.8. The number of carbonyl (C=O) groups is 1. The Labute approximate surface area is 146 Å². The largest absolute Gasteiger partial charge is 0.480 e. The molecule has 1 fully saturated rings. The molecule has 0 saturated carbocycles. The minimum Gasteiger partial charge on any atom is -0.480 e. The van der Waals surface area contributed by atoms with Crippen molar-refractivity contribution in [3.63, 3.8) is 0 Å². The molecule has 1 atom stereocenters. The quantitative estimate of drug-likeness (QED) is 0.764. The summed E-state index contributed by atoms with van der Waals surface area (Å²) in [6.07, 6.45) is 2.82. The lowest BCUT2D eigenvalue weighted by molar-refractivity contribution is -0.139. The fraction of sp³-hybridized carbons (Fsp3) is 0.650. The summed E-state index contributed by atoms with van der Waals surface area (Å²) in [6, 6.07) is 7.88. The van der Waals surface area contributed by atoms with Gasteiger partial charge in [0, 0.05) is 26.8 Å². The van der Waals surface area contributed by atoms with Crippen molar-refractivity contribution in [1.29, 1.82) is 0 Å². The second-order valence-corrected chi connectivity index (χ2v) is 7.20. The molecule has 1 amide bonds. The molecule has 4 heteroatoms. The van der Waals surface area contributed by atoms with Crippen LogP contribution in [0.5, 0.6) is 5.75 Å². The van der Waals surface area contributed by atoms with E-state index < -0.39 is 6.10 Å². The Kier molecular flexibility index (Phi) is 7.10. The summed E-state index contributed by atoms with van der Waals surface area (Å²) in [5.41, 5.74) is 1.13. The van der Waals surface area contributed by atoms with Crippen LogP contribution in [0.1, 0.15) is 38.7 Å². The van der Waals surface area contributed by atoms with Crippen molar-refractivity contribution in [3.05, 3.63) is 29.8 Å². The Morgan fingerprint density at radius 2 is 2.04 bits per heavy atom. The van der Waals surface area contributed by atoms with Crippen LogP contribution in [0.2, 0.25) is 0 Å². The first-order chi connectivity index (χ1) is 11.5. The number of amides is 1. The van der Waals surface area contributed by atoms with E-state index in [0.717, 1.165) is 50.3 Å². The van der Waals surface area contributed by atoms with Crippen LogP contribution in [0.15, 0.2) is 24.3 Å². The first-order valence-corrected chi connectivity index (χ1v) is 9.03.